The van der Waals surface area contributed by atoms with E-state index in [0.717, 1.165) is 31.2 Å². The Morgan fingerprint density at radius 1 is 1.00 bits per heavy atom. The van der Waals surface area contributed by atoms with E-state index < -0.39 is 11.8 Å². The number of hydrogen-bond acceptors (Lipinski definition) is 3. The van der Waals surface area contributed by atoms with E-state index in [1.807, 2.05) is 0 Å². The Balaban J connectivity index is 1.92. The molecule has 1 aromatic carbocycles. The molecule has 0 radical (unpaired) electrons. The van der Waals surface area contributed by atoms with Crippen LogP contribution < -0.4 is 15.2 Å². The molecule has 0 atom stereocenters. The molecule has 1 aliphatic carbocycles. The standard InChI is InChI=1S/C13H15F2NO2/c14-13(15)17-10-5-4-9(8-11(10)18-13)12(16)6-2-1-3-7-12/h4-5,8H,1-3,6-7,16H2. The number of benzene rings is 1. The highest BCUT2D eigenvalue weighted by atomic mass is 19.3. The number of alkyl halides is 2. The number of hydrogen-bond donors (Lipinski definition) is 1. The molecule has 0 bridgehead atoms. The average molecular weight is 255 g/mol. The molecule has 1 saturated carbocycles. The van der Waals surface area contributed by atoms with Crippen molar-refractivity contribution >= 4 is 0 Å². The Bertz CT molecular complexity index is 470. The minimum absolute atomic E-state index is 0.0724. The van der Waals surface area contributed by atoms with E-state index in [1.54, 1.807) is 12.1 Å². The smallest absolute Gasteiger partial charge is 0.395 e. The van der Waals surface area contributed by atoms with E-state index in [4.69, 9.17) is 5.73 Å². The van der Waals surface area contributed by atoms with Gasteiger partial charge >= 0.3 is 6.29 Å². The third-order valence-electron chi connectivity index (χ3n) is 3.72. The molecule has 3 nitrogen and oxygen atoms in total. The first-order valence-corrected chi connectivity index (χ1v) is 6.18. The quantitative estimate of drug-likeness (QED) is 0.838. The molecular weight excluding hydrogens is 240 g/mol. The van der Waals surface area contributed by atoms with Crippen LogP contribution in [0.25, 0.3) is 0 Å². The van der Waals surface area contributed by atoms with Crippen LogP contribution in [0.5, 0.6) is 11.5 Å². The van der Waals surface area contributed by atoms with Crippen molar-refractivity contribution in [3.8, 4) is 11.5 Å². The number of fused-ring (bicyclic) bond motifs is 1. The van der Waals surface area contributed by atoms with Gasteiger partial charge in [0.05, 0.1) is 0 Å². The minimum atomic E-state index is -3.56. The predicted molar refractivity (Wildman–Crippen MR) is 61.6 cm³/mol. The monoisotopic (exact) mass is 255 g/mol. The van der Waals surface area contributed by atoms with Gasteiger partial charge in [-0.2, -0.15) is 0 Å². The summed E-state index contributed by atoms with van der Waals surface area (Å²) in [5.74, 6) is 0.149. The molecular formula is C13H15F2NO2. The molecule has 2 aliphatic rings. The first-order valence-electron chi connectivity index (χ1n) is 6.18. The highest BCUT2D eigenvalue weighted by molar-refractivity contribution is 5.47. The Morgan fingerprint density at radius 3 is 2.39 bits per heavy atom. The molecule has 0 saturated heterocycles. The Kier molecular flexibility index (Phi) is 2.48. The van der Waals surface area contributed by atoms with Gasteiger partial charge in [0, 0.05) is 5.54 Å². The summed E-state index contributed by atoms with van der Waals surface area (Å²) >= 11 is 0. The van der Waals surface area contributed by atoms with Gasteiger partial charge in [-0.3, -0.25) is 0 Å². The van der Waals surface area contributed by atoms with E-state index in [0.29, 0.717) is 0 Å². The Morgan fingerprint density at radius 2 is 1.67 bits per heavy atom. The van der Waals surface area contributed by atoms with Crippen molar-refractivity contribution < 1.29 is 18.3 Å². The van der Waals surface area contributed by atoms with Crippen LogP contribution in [0.2, 0.25) is 0 Å². The predicted octanol–water partition coefficient (Wildman–Crippen LogP) is 3.13. The Labute approximate surface area is 104 Å². The second-order valence-electron chi connectivity index (χ2n) is 5.05. The molecule has 0 amide bonds. The molecule has 1 aromatic rings. The summed E-state index contributed by atoms with van der Waals surface area (Å²) in [6.07, 6.45) is 1.52. The van der Waals surface area contributed by atoms with Gasteiger partial charge < -0.3 is 15.2 Å². The topological polar surface area (TPSA) is 44.5 Å². The maximum atomic E-state index is 12.9. The van der Waals surface area contributed by atoms with Crippen molar-refractivity contribution in [1.29, 1.82) is 0 Å². The summed E-state index contributed by atoms with van der Waals surface area (Å²) in [6, 6.07) is 4.85. The fourth-order valence-electron chi connectivity index (χ4n) is 2.73. The van der Waals surface area contributed by atoms with E-state index in [9.17, 15) is 8.78 Å². The van der Waals surface area contributed by atoms with Crippen molar-refractivity contribution in [2.75, 3.05) is 0 Å². The zero-order chi connectivity index (χ0) is 12.8. The molecule has 18 heavy (non-hydrogen) atoms. The summed E-state index contributed by atoms with van der Waals surface area (Å²) < 4.78 is 34.7. The van der Waals surface area contributed by atoms with E-state index in [-0.39, 0.29) is 11.5 Å². The van der Waals surface area contributed by atoms with Crippen LogP contribution in [0.4, 0.5) is 8.78 Å². The highest BCUT2D eigenvalue weighted by Gasteiger charge is 2.44. The lowest BCUT2D eigenvalue weighted by molar-refractivity contribution is -0.286. The van der Waals surface area contributed by atoms with Crippen molar-refractivity contribution in [2.45, 2.75) is 43.9 Å². The van der Waals surface area contributed by atoms with Crippen molar-refractivity contribution in [3.05, 3.63) is 23.8 Å². The number of halogens is 2. The highest BCUT2D eigenvalue weighted by Crippen LogP contribution is 2.44. The molecule has 1 aliphatic heterocycles. The van der Waals surface area contributed by atoms with Crippen LogP contribution in [-0.2, 0) is 5.54 Å². The molecule has 3 rings (SSSR count). The van der Waals surface area contributed by atoms with Gasteiger partial charge in [-0.1, -0.05) is 25.3 Å². The minimum Gasteiger partial charge on any atom is -0.395 e. The number of rotatable bonds is 1. The summed E-state index contributed by atoms with van der Waals surface area (Å²) in [7, 11) is 0. The van der Waals surface area contributed by atoms with E-state index in [2.05, 4.69) is 9.47 Å². The molecule has 0 unspecified atom stereocenters. The molecule has 98 valence electrons. The van der Waals surface area contributed by atoms with Crippen LogP contribution in [0.15, 0.2) is 18.2 Å². The van der Waals surface area contributed by atoms with E-state index in [1.165, 1.54) is 12.5 Å². The zero-order valence-electron chi connectivity index (χ0n) is 9.92. The number of ether oxygens (including phenoxy) is 2. The van der Waals surface area contributed by atoms with Crippen LogP contribution >= 0.6 is 0 Å². The maximum Gasteiger partial charge on any atom is 0.586 e. The van der Waals surface area contributed by atoms with Gasteiger partial charge in [0.2, 0.25) is 0 Å². The average Bonchev–Trinajstić information content (AvgIpc) is 2.62. The summed E-state index contributed by atoms with van der Waals surface area (Å²) in [6.45, 7) is 0. The summed E-state index contributed by atoms with van der Waals surface area (Å²) in [5, 5.41) is 0. The lowest BCUT2D eigenvalue weighted by atomic mass is 9.77. The summed E-state index contributed by atoms with van der Waals surface area (Å²) in [5.41, 5.74) is 6.79. The SMILES string of the molecule is NC1(c2ccc3c(c2)OC(F)(F)O3)CCCCC1. The van der Waals surface area contributed by atoms with Gasteiger partial charge in [0.15, 0.2) is 11.5 Å². The molecule has 1 fully saturated rings. The fourth-order valence-corrected chi connectivity index (χ4v) is 2.73. The molecule has 0 spiro atoms. The van der Waals surface area contributed by atoms with Gasteiger partial charge in [-0.15, -0.1) is 8.78 Å². The van der Waals surface area contributed by atoms with Gasteiger partial charge in [-0.05, 0) is 30.5 Å². The fraction of sp³-hybridized carbons (Fsp3) is 0.538. The van der Waals surface area contributed by atoms with Gasteiger partial charge in [0.1, 0.15) is 0 Å². The normalized spacial score (nSPS) is 23.9. The molecule has 5 heteroatoms. The van der Waals surface area contributed by atoms with Crippen LogP contribution in [-0.4, -0.2) is 6.29 Å². The van der Waals surface area contributed by atoms with Crippen molar-refractivity contribution in [1.82, 2.24) is 0 Å². The second-order valence-corrected chi connectivity index (χ2v) is 5.05. The molecule has 1 heterocycles. The number of nitrogens with two attached hydrogens (primary N) is 1. The lowest BCUT2D eigenvalue weighted by Crippen LogP contribution is -2.38. The van der Waals surface area contributed by atoms with Crippen LogP contribution in [0.1, 0.15) is 37.7 Å². The molecule has 0 aromatic heterocycles. The second kappa shape index (κ2) is 3.82. The molecule has 2 N–H and O–H groups in total. The van der Waals surface area contributed by atoms with E-state index >= 15 is 0 Å². The van der Waals surface area contributed by atoms with Gasteiger partial charge in [0.25, 0.3) is 0 Å². The largest absolute Gasteiger partial charge is 0.586 e. The van der Waals surface area contributed by atoms with Crippen molar-refractivity contribution in [3.63, 3.8) is 0 Å². The van der Waals surface area contributed by atoms with Crippen LogP contribution in [0, 0.1) is 0 Å². The van der Waals surface area contributed by atoms with Crippen LogP contribution in [0.3, 0.4) is 0 Å². The zero-order valence-corrected chi connectivity index (χ0v) is 9.92. The maximum absolute atomic E-state index is 12.9. The third kappa shape index (κ3) is 1.92. The summed E-state index contributed by atoms with van der Waals surface area (Å²) in [4.78, 5) is 0. The first-order chi connectivity index (χ1) is 8.49. The first kappa shape index (κ1) is 11.7. The van der Waals surface area contributed by atoms with Gasteiger partial charge in [-0.25, -0.2) is 0 Å². The third-order valence-corrected chi connectivity index (χ3v) is 3.72. The Hall–Kier alpha value is -1.36. The van der Waals surface area contributed by atoms with Crippen molar-refractivity contribution in [2.24, 2.45) is 5.73 Å². The lowest BCUT2D eigenvalue weighted by Gasteiger charge is -2.34.